The average molecular weight is 227 g/mol. The molecule has 0 saturated heterocycles. The zero-order valence-corrected chi connectivity index (χ0v) is 9.30. The van der Waals surface area contributed by atoms with Crippen molar-refractivity contribution in [2.75, 3.05) is 13.7 Å². The molecule has 1 aromatic carbocycles. The van der Waals surface area contributed by atoms with E-state index in [2.05, 4.69) is 0 Å². The van der Waals surface area contributed by atoms with Crippen LogP contribution in [0.4, 0.5) is 0 Å². The Kier molecular flexibility index (Phi) is 2.57. The molecule has 0 saturated carbocycles. The van der Waals surface area contributed by atoms with Crippen LogP contribution in [0.1, 0.15) is 17.0 Å². The highest BCUT2D eigenvalue weighted by atomic mass is 35.5. The number of ether oxygens (including phenoxy) is 2. The van der Waals surface area contributed by atoms with Gasteiger partial charge >= 0.3 is 5.97 Å². The van der Waals surface area contributed by atoms with Gasteiger partial charge in [-0.2, -0.15) is 0 Å². The van der Waals surface area contributed by atoms with E-state index in [1.807, 2.05) is 13.0 Å². The van der Waals surface area contributed by atoms with E-state index in [4.69, 9.17) is 21.1 Å². The number of hydrogen-bond acceptors (Lipinski definition) is 3. The lowest BCUT2D eigenvalue weighted by Crippen LogP contribution is -2.15. The molecule has 0 spiro atoms. The minimum atomic E-state index is -0.344. The minimum absolute atomic E-state index is 0.284. The number of carbonyl (C=O) groups is 1. The second kappa shape index (κ2) is 3.74. The van der Waals surface area contributed by atoms with Crippen LogP contribution in [0.5, 0.6) is 5.75 Å². The van der Waals surface area contributed by atoms with Crippen molar-refractivity contribution < 1.29 is 14.3 Å². The molecule has 0 amide bonds. The molecular formula is C11H11ClO3. The monoisotopic (exact) mass is 226 g/mol. The minimum Gasteiger partial charge on any atom is -0.492 e. The summed E-state index contributed by atoms with van der Waals surface area (Å²) in [7, 11) is 1.37. The van der Waals surface area contributed by atoms with Gasteiger partial charge in [0.05, 0.1) is 7.11 Å². The first kappa shape index (κ1) is 10.3. The third kappa shape index (κ3) is 1.67. The average Bonchev–Trinajstić information content (AvgIpc) is 2.61. The Morgan fingerprint density at radius 3 is 3.00 bits per heavy atom. The fourth-order valence-electron chi connectivity index (χ4n) is 1.67. The van der Waals surface area contributed by atoms with Crippen LogP contribution in [-0.4, -0.2) is 19.7 Å². The molecule has 0 aromatic heterocycles. The molecule has 0 N–H and O–H groups in total. The van der Waals surface area contributed by atoms with E-state index in [0.717, 1.165) is 16.9 Å². The van der Waals surface area contributed by atoms with Crippen LogP contribution in [-0.2, 0) is 9.53 Å². The van der Waals surface area contributed by atoms with Crippen LogP contribution in [0.15, 0.2) is 12.1 Å². The standard InChI is InChI=1S/C11H11ClO3/c1-6-3-10-7(4-9(6)12)8(5-15-10)11(13)14-2/h3-4,8H,5H2,1-2H3. The van der Waals surface area contributed by atoms with Gasteiger partial charge < -0.3 is 9.47 Å². The first-order valence-corrected chi connectivity index (χ1v) is 5.02. The van der Waals surface area contributed by atoms with Gasteiger partial charge in [0.1, 0.15) is 18.3 Å². The highest BCUT2D eigenvalue weighted by molar-refractivity contribution is 6.31. The quantitative estimate of drug-likeness (QED) is 0.690. The second-order valence-corrected chi connectivity index (χ2v) is 3.93. The molecule has 1 aliphatic rings. The molecule has 0 radical (unpaired) electrons. The first-order chi connectivity index (χ1) is 7.13. The Hall–Kier alpha value is -1.22. The molecule has 0 bridgehead atoms. The third-order valence-electron chi connectivity index (χ3n) is 2.56. The van der Waals surface area contributed by atoms with E-state index in [9.17, 15) is 4.79 Å². The van der Waals surface area contributed by atoms with Gasteiger partial charge in [-0.1, -0.05) is 11.6 Å². The van der Waals surface area contributed by atoms with Crippen LogP contribution in [0, 0.1) is 6.92 Å². The summed E-state index contributed by atoms with van der Waals surface area (Å²) in [6, 6.07) is 3.63. The maximum Gasteiger partial charge on any atom is 0.316 e. The van der Waals surface area contributed by atoms with Gasteiger partial charge in [0.2, 0.25) is 0 Å². The Bertz CT molecular complexity index is 415. The molecule has 1 atom stereocenters. The van der Waals surface area contributed by atoms with Crippen molar-refractivity contribution in [2.24, 2.45) is 0 Å². The van der Waals surface area contributed by atoms with Gasteiger partial charge in [0, 0.05) is 10.6 Å². The summed E-state index contributed by atoms with van der Waals surface area (Å²) in [6.07, 6.45) is 0. The van der Waals surface area contributed by atoms with Crippen LogP contribution < -0.4 is 4.74 Å². The van der Waals surface area contributed by atoms with Crippen LogP contribution in [0.3, 0.4) is 0 Å². The van der Waals surface area contributed by atoms with E-state index >= 15 is 0 Å². The van der Waals surface area contributed by atoms with Crippen molar-refractivity contribution in [3.05, 3.63) is 28.3 Å². The van der Waals surface area contributed by atoms with E-state index < -0.39 is 0 Å². The van der Waals surface area contributed by atoms with Crippen molar-refractivity contribution in [3.63, 3.8) is 0 Å². The topological polar surface area (TPSA) is 35.5 Å². The zero-order valence-electron chi connectivity index (χ0n) is 8.54. The Morgan fingerprint density at radius 2 is 2.33 bits per heavy atom. The Morgan fingerprint density at radius 1 is 1.60 bits per heavy atom. The number of carbonyl (C=O) groups excluding carboxylic acids is 1. The van der Waals surface area contributed by atoms with Crippen molar-refractivity contribution in [2.45, 2.75) is 12.8 Å². The lowest BCUT2D eigenvalue weighted by Gasteiger charge is -2.06. The number of rotatable bonds is 1. The summed E-state index contributed by atoms with van der Waals surface area (Å²) in [5, 5.41) is 0.646. The van der Waals surface area contributed by atoms with Crippen molar-refractivity contribution >= 4 is 17.6 Å². The highest BCUT2D eigenvalue weighted by Crippen LogP contribution is 2.37. The fraction of sp³-hybridized carbons (Fsp3) is 0.364. The van der Waals surface area contributed by atoms with Crippen LogP contribution in [0.25, 0.3) is 0 Å². The lowest BCUT2D eigenvalue weighted by atomic mass is 10.0. The predicted octanol–water partition coefficient (Wildman–Crippen LogP) is 2.30. The SMILES string of the molecule is COC(=O)C1COc2cc(C)c(Cl)cc21. The van der Waals surface area contributed by atoms with Gasteiger partial charge in [-0.25, -0.2) is 0 Å². The first-order valence-electron chi connectivity index (χ1n) is 4.64. The van der Waals surface area contributed by atoms with Gasteiger partial charge in [-0.05, 0) is 24.6 Å². The molecule has 2 rings (SSSR count). The van der Waals surface area contributed by atoms with E-state index in [1.54, 1.807) is 6.07 Å². The number of aryl methyl sites for hydroxylation is 1. The van der Waals surface area contributed by atoms with Gasteiger partial charge in [0.25, 0.3) is 0 Å². The number of esters is 1. The van der Waals surface area contributed by atoms with Crippen LogP contribution in [0.2, 0.25) is 5.02 Å². The van der Waals surface area contributed by atoms with E-state index in [1.165, 1.54) is 7.11 Å². The van der Waals surface area contributed by atoms with Crippen molar-refractivity contribution in [1.29, 1.82) is 0 Å². The molecule has 3 nitrogen and oxygen atoms in total. The summed E-state index contributed by atoms with van der Waals surface area (Å²) in [5.41, 5.74) is 1.76. The third-order valence-corrected chi connectivity index (χ3v) is 2.96. The maximum atomic E-state index is 11.4. The molecule has 1 aromatic rings. The Labute approximate surface area is 92.9 Å². The van der Waals surface area contributed by atoms with E-state index in [0.29, 0.717) is 11.6 Å². The number of halogens is 1. The number of hydrogen-bond donors (Lipinski definition) is 0. The summed E-state index contributed by atoms with van der Waals surface area (Å²) in [6.45, 7) is 2.24. The van der Waals surface area contributed by atoms with Gasteiger partial charge in [0.15, 0.2) is 0 Å². The lowest BCUT2D eigenvalue weighted by molar-refractivity contribution is -0.142. The molecule has 80 valence electrons. The number of benzene rings is 1. The molecule has 1 heterocycles. The summed E-state index contributed by atoms with van der Waals surface area (Å²) in [5.74, 6) is 0.101. The highest BCUT2D eigenvalue weighted by Gasteiger charge is 2.31. The van der Waals surface area contributed by atoms with Crippen molar-refractivity contribution in [1.82, 2.24) is 0 Å². The molecule has 4 heteroatoms. The summed E-state index contributed by atoms with van der Waals surface area (Å²) >= 11 is 6.00. The molecule has 0 aliphatic carbocycles. The smallest absolute Gasteiger partial charge is 0.316 e. The summed E-state index contributed by atoms with van der Waals surface area (Å²) < 4.78 is 10.1. The summed E-state index contributed by atoms with van der Waals surface area (Å²) in [4.78, 5) is 11.4. The normalized spacial score (nSPS) is 18.2. The number of methoxy groups -OCH3 is 1. The molecule has 1 unspecified atom stereocenters. The van der Waals surface area contributed by atoms with Gasteiger partial charge in [-0.3, -0.25) is 4.79 Å². The van der Waals surface area contributed by atoms with Crippen LogP contribution >= 0.6 is 11.6 Å². The largest absolute Gasteiger partial charge is 0.492 e. The predicted molar refractivity (Wildman–Crippen MR) is 56.4 cm³/mol. The zero-order chi connectivity index (χ0) is 11.0. The van der Waals surface area contributed by atoms with E-state index in [-0.39, 0.29) is 11.9 Å². The molecule has 1 aliphatic heterocycles. The maximum absolute atomic E-state index is 11.4. The van der Waals surface area contributed by atoms with Gasteiger partial charge in [-0.15, -0.1) is 0 Å². The van der Waals surface area contributed by atoms with Crippen molar-refractivity contribution in [3.8, 4) is 5.75 Å². The Balaban J connectivity index is 2.42. The molecule has 0 fully saturated rings. The fourth-order valence-corrected chi connectivity index (χ4v) is 1.84. The number of fused-ring (bicyclic) bond motifs is 1. The molecule has 15 heavy (non-hydrogen) atoms. The second-order valence-electron chi connectivity index (χ2n) is 3.53. The molecular weight excluding hydrogens is 216 g/mol.